The molecule has 1 amide bonds. The SMILES string of the molecule is Cc1ccccc1CNS(=O)(=O)c1ccc(-c2ccc(C(=O)N(C)C)cc2)cc1. The first kappa shape index (κ1) is 20.8. The Morgan fingerprint density at radius 3 is 1.97 bits per heavy atom. The molecule has 6 heteroatoms. The molecule has 0 fully saturated rings. The molecule has 0 spiro atoms. The Kier molecular flexibility index (Phi) is 6.15. The van der Waals surface area contributed by atoms with Crippen LogP contribution in [0.15, 0.2) is 77.7 Å². The summed E-state index contributed by atoms with van der Waals surface area (Å²) >= 11 is 0. The van der Waals surface area contributed by atoms with Crippen molar-refractivity contribution in [2.45, 2.75) is 18.4 Å². The zero-order valence-corrected chi connectivity index (χ0v) is 17.5. The molecule has 3 aromatic carbocycles. The third kappa shape index (κ3) is 4.91. The smallest absolute Gasteiger partial charge is 0.253 e. The molecule has 0 aliphatic heterocycles. The standard InChI is InChI=1S/C23H24N2O3S/c1-17-6-4-5-7-21(17)16-24-29(27,28)22-14-12-19(13-15-22)18-8-10-20(11-9-18)23(26)25(2)3/h4-15,24H,16H2,1-3H3. The minimum Gasteiger partial charge on any atom is -0.345 e. The number of hydrogen-bond acceptors (Lipinski definition) is 3. The number of nitrogens with one attached hydrogen (secondary N) is 1. The van der Waals surface area contributed by atoms with Crippen molar-refractivity contribution in [1.29, 1.82) is 0 Å². The first-order valence-electron chi connectivity index (χ1n) is 9.24. The van der Waals surface area contributed by atoms with Crippen molar-refractivity contribution in [2.75, 3.05) is 14.1 Å². The molecule has 150 valence electrons. The first-order valence-corrected chi connectivity index (χ1v) is 10.7. The van der Waals surface area contributed by atoms with Crippen LogP contribution >= 0.6 is 0 Å². The van der Waals surface area contributed by atoms with E-state index in [9.17, 15) is 13.2 Å². The van der Waals surface area contributed by atoms with Gasteiger partial charge in [0.1, 0.15) is 0 Å². The molecule has 0 unspecified atom stereocenters. The van der Waals surface area contributed by atoms with Gasteiger partial charge < -0.3 is 4.90 Å². The van der Waals surface area contributed by atoms with Crippen LogP contribution in [-0.2, 0) is 16.6 Å². The van der Waals surface area contributed by atoms with Crippen LogP contribution in [0.2, 0.25) is 0 Å². The molecule has 0 bridgehead atoms. The molecule has 0 saturated heterocycles. The molecule has 0 saturated carbocycles. The van der Waals surface area contributed by atoms with Crippen LogP contribution in [0.4, 0.5) is 0 Å². The van der Waals surface area contributed by atoms with Crippen molar-refractivity contribution in [3.8, 4) is 11.1 Å². The largest absolute Gasteiger partial charge is 0.345 e. The lowest BCUT2D eigenvalue weighted by molar-refractivity contribution is 0.0827. The summed E-state index contributed by atoms with van der Waals surface area (Å²) in [6.45, 7) is 2.20. The normalized spacial score (nSPS) is 11.3. The maximum atomic E-state index is 12.6. The van der Waals surface area contributed by atoms with E-state index in [1.807, 2.05) is 43.3 Å². The Labute approximate surface area is 172 Å². The van der Waals surface area contributed by atoms with Gasteiger partial charge in [-0.25, -0.2) is 13.1 Å². The Morgan fingerprint density at radius 2 is 1.41 bits per heavy atom. The van der Waals surface area contributed by atoms with Crippen molar-refractivity contribution < 1.29 is 13.2 Å². The van der Waals surface area contributed by atoms with Crippen molar-refractivity contribution in [1.82, 2.24) is 9.62 Å². The molecule has 0 radical (unpaired) electrons. The number of amides is 1. The summed E-state index contributed by atoms with van der Waals surface area (Å²) in [4.78, 5) is 13.7. The van der Waals surface area contributed by atoms with Gasteiger partial charge in [-0.2, -0.15) is 0 Å². The average molecular weight is 409 g/mol. The average Bonchev–Trinajstić information content (AvgIpc) is 2.73. The van der Waals surface area contributed by atoms with Gasteiger partial charge in [0.05, 0.1) is 4.90 Å². The van der Waals surface area contributed by atoms with Gasteiger partial charge in [-0.3, -0.25) is 4.79 Å². The van der Waals surface area contributed by atoms with Crippen molar-refractivity contribution in [2.24, 2.45) is 0 Å². The van der Waals surface area contributed by atoms with Gasteiger partial charge in [-0.05, 0) is 53.4 Å². The molecule has 0 aromatic heterocycles. The highest BCUT2D eigenvalue weighted by Gasteiger charge is 2.14. The fourth-order valence-electron chi connectivity index (χ4n) is 2.95. The number of carbonyl (C=O) groups is 1. The summed E-state index contributed by atoms with van der Waals surface area (Å²) < 4.78 is 27.8. The summed E-state index contributed by atoms with van der Waals surface area (Å²) in [5.74, 6) is -0.0577. The highest BCUT2D eigenvalue weighted by molar-refractivity contribution is 7.89. The summed E-state index contributed by atoms with van der Waals surface area (Å²) in [5.41, 5.74) is 4.39. The maximum absolute atomic E-state index is 12.6. The maximum Gasteiger partial charge on any atom is 0.253 e. The molecule has 0 aliphatic rings. The van der Waals surface area contributed by atoms with Crippen LogP contribution in [0, 0.1) is 6.92 Å². The second-order valence-electron chi connectivity index (χ2n) is 7.05. The summed E-state index contributed by atoms with van der Waals surface area (Å²) in [6.07, 6.45) is 0. The van der Waals surface area contributed by atoms with E-state index in [4.69, 9.17) is 0 Å². The molecule has 0 heterocycles. The Morgan fingerprint density at radius 1 is 0.862 bits per heavy atom. The Balaban J connectivity index is 1.74. The number of benzene rings is 3. The lowest BCUT2D eigenvalue weighted by Gasteiger charge is -2.11. The zero-order valence-electron chi connectivity index (χ0n) is 16.7. The molecule has 29 heavy (non-hydrogen) atoms. The highest BCUT2D eigenvalue weighted by atomic mass is 32.2. The monoisotopic (exact) mass is 408 g/mol. The molecule has 3 rings (SSSR count). The topological polar surface area (TPSA) is 66.5 Å². The molecule has 3 aromatic rings. The molecule has 0 atom stereocenters. The van der Waals surface area contributed by atoms with Crippen LogP contribution in [0.1, 0.15) is 21.5 Å². The van der Waals surface area contributed by atoms with Crippen molar-refractivity contribution >= 4 is 15.9 Å². The minimum absolute atomic E-state index is 0.0577. The first-order chi connectivity index (χ1) is 13.8. The molecule has 5 nitrogen and oxygen atoms in total. The lowest BCUT2D eigenvalue weighted by atomic mass is 10.0. The van der Waals surface area contributed by atoms with Gasteiger partial charge >= 0.3 is 0 Å². The molecular formula is C23H24N2O3S. The van der Waals surface area contributed by atoms with Gasteiger partial charge in [0, 0.05) is 26.2 Å². The van der Waals surface area contributed by atoms with E-state index in [2.05, 4.69) is 4.72 Å². The van der Waals surface area contributed by atoms with E-state index in [1.54, 1.807) is 50.5 Å². The van der Waals surface area contributed by atoms with E-state index in [1.165, 1.54) is 4.90 Å². The highest BCUT2D eigenvalue weighted by Crippen LogP contribution is 2.22. The van der Waals surface area contributed by atoms with Crippen LogP contribution in [0.3, 0.4) is 0 Å². The van der Waals surface area contributed by atoms with Crippen LogP contribution in [0.5, 0.6) is 0 Å². The van der Waals surface area contributed by atoms with Crippen molar-refractivity contribution in [3.63, 3.8) is 0 Å². The molecule has 0 aliphatic carbocycles. The number of carbonyl (C=O) groups excluding carboxylic acids is 1. The van der Waals surface area contributed by atoms with Crippen LogP contribution < -0.4 is 4.72 Å². The van der Waals surface area contributed by atoms with Gasteiger partial charge in [0.25, 0.3) is 5.91 Å². The Hall–Kier alpha value is -2.96. The zero-order chi connectivity index (χ0) is 21.0. The second kappa shape index (κ2) is 8.59. The van der Waals surface area contributed by atoms with Crippen molar-refractivity contribution in [3.05, 3.63) is 89.5 Å². The predicted molar refractivity (Wildman–Crippen MR) is 115 cm³/mol. The van der Waals surface area contributed by atoms with E-state index < -0.39 is 10.0 Å². The van der Waals surface area contributed by atoms with Gasteiger partial charge in [-0.1, -0.05) is 48.5 Å². The van der Waals surface area contributed by atoms with Gasteiger partial charge in [-0.15, -0.1) is 0 Å². The van der Waals surface area contributed by atoms with E-state index in [-0.39, 0.29) is 17.3 Å². The minimum atomic E-state index is -3.60. The summed E-state index contributed by atoms with van der Waals surface area (Å²) in [6, 6.07) is 21.7. The third-order valence-electron chi connectivity index (χ3n) is 4.75. The Bertz CT molecular complexity index is 1100. The molecule has 1 N–H and O–H groups in total. The van der Waals surface area contributed by atoms with Gasteiger partial charge in [0.2, 0.25) is 10.0 Å². The summed E-state index contributed by atoms with van der Waals surface area (Å²) in [7, 11) is -0.180. The predicted octanol–water partition coefficient (Wildman–Crippen LogP) is 3.84. The van der Waals surface area contributed by atoms with Gasteiger partial charge in [0.15, 0.2) is 0 Å². The third-order valence-corrected chi connectivity index (χ3v) is 6.17. The number of sulfonamides is 1. The van der Waals surface area contributed by atoms with Crippen LogP contribution in [0.25, 0.3) is 11.1 Å². The second-order valence-corrected chi connectivity index (χ2v) is 8.82. The number of hydrogen-bond donors (Lipinski definition) is 1. The fourth-order valence-corrected chi connectivity index (χ4v) is 3.96. The van der Waals surface area contributed by atoms with E-state index >= 15 is 0 Å². The number of rotatable bonds is 6. The quantitative estimate of drug-likeness (QED) is 0.674. The lowest BCUT2D eigenvalue weighted by Crippen LogP contribution is -2.23. The fraction of sp³-hybridized carbons (Fsp3) is 0.174. The van der Waals surface area contributed by atoms with E-state index in [0.29, 0.717) is 5.56 Å². The van der Waals surface area contributed by atoms with Crippen LogP contribution in [-0.4, -0.2) is 33.3 Å². The summed E-state index contributed by atoms with van der Waals surface area (Å²) in [5, 5.41) is 0. The van der Waals surface area contributed by atoms with E-state index in [0.717, 1.165) is 22.3 Å². The number of aryl methyl sites for hydroxylation is 1. The number of nitrogens with zero attached hydrogens (tertiary/aromatic N) is 1. The molecular weight excluding hydrogens is 384 g/mol.